The van der Waals surface area contributed by atoms with Crippen LogP contribution < -0.4 is 0 Å². The number of likely N-dealkylation sites (tertiary alicyclic amines) is 1. The third kappa shape index (κ3) is 2.46. The van der Waals surface area contributed by atoms with E-state index in [1.165, 1.54) is 32.1 Å². The number of carbonyl (C=O) groups excluding carboxylic acids is 1. The molecule has 0 aromatic heterocycles. The van der Waals surface area contributed by atoms with E-state index < -0.39 is 0 Å². The van der Waals surface area contributed by atoms with Gasteiger partial charge in [-0.1, -0.05) is 6.92 Å². The Bertz CT molecular complexity index is 236. The van der Waals surface area contributed by atoms with Crippen LogP contribution in [0.4, 0.5) is 0 Å². The Morgan fingerprint density at radius 3 is 2.81 bits per heavy atom. The molecule has 2 fully saturated rings. The average molecular weight is 225 g/mol. The lowest BCUT2D eigenvalue weighted by molar-refractivity contribution is -0.123. The summed E-state index contributed by atoms with van der Waals surface area (Å²) in [6.45, 7) is 5.89. The van der Waals surface area contributed by atoms with E-state index in [9.17, 15) is 4.79 Å². The minimum atomic E-state index is -0.115. The number of carbonyl (C=O) groups is 1. The molecule has 0 spiro atoms. The predicted octanol–water partition coefficient (Wildman–Crippen LogP) is 1.86. The lowest BCUT2D eigenvalue weighted by Crippen LogP contribution is -2.44. The SMILES string of the molecule is CCC1CCCN1CC1(C=O)CCOCC1. The average Bonchev–Trinajstić information content (AvgIpc) is 2.77. The number of nitrogens with zero attached hydrogens (tertiary/aromatic N) is 1. The van der Waals surface area contributed by atoms with Crippen molar-refractivity contribution in [3.8, 4) is 0 Å². The molecule has 2 aliphatic rings. The summed E-state index contributed by atoms with van der Waals surface area (Å²) in [5.41, 5.74) is -0.115. The van der Waals surface area contributed by atoms with Crippen molar-refractivity contribution < 1.29 is 9.53 Å². The van der Waals surface area contributed by atoms with Crippen molar-refractivity contribution >= 4 is 6.29 Å². The van der Waals surface area contributed by atoms with E-state index in [1.807, 2.05) is 0 Å². The number of hydrogen-bond donors (Lipinski definition) is 0. The molecule has 16 heavy (non-hydrogen) atoms. The molecule has 2 saturated heterocycles. The van der Waals surface area contributed by atoms with Crippen LogP contribution in [0, 0.1) is 5.41 Å². The van der Waals surface area contributed by atoms with Crippen LogP contribution in [-0.2, 0) is 9.53 Å². The van der Waals surface area contributed by atoms with Gasteiger partial charge in [0.15, 0.2) is 0 Å². The van der Waals surface area contributed by atoms with E-state index in [0.29, 0.717) is 6.04 Å². The smallest absolute Gasteiger partial charge is 0.127 e. The molecule has 0 N–H and O–H groups in total. The van der Waals surface area contributed by atoms with Crippen LogP contribution in [-0.4, -0.2) is 43.5 Å². The van der Waals surface area contributed by atoms with Gasteiger partial charge in [0.1, 0.15) is 6.29 Å². The predicted molar refractivity (Wildman–Crippen MR) is 63.4 cm³/mol. The van der Waals surface area contributed by atoms with Gasteiger partial charge in [-0.25, -0.2) is 0 Å². The van der Waals surface area contributed by atoms with E-state index in [1.54, 1.807) is 0 Å². The van der Waals surface area contributed by atoms with E-state index in [0.717, 1.165) is 32.6 Å². The first-order valence-electron chi connectivity index (χ1n) is 6.58. The van der Waals surface area contributed by atoms with Crippen molar-refractivity contribution in [2.75, 3.05) is 26.3 Å². The van der Waals surface area contributed by atoms with Crippen molar-refractivity contribution in [2.45, 2.75) is 45.1 Å². The Kier molecular flexibility index (Phi) is 3.98. The van der Waals surface area contributed by atoms with Crippen molar-refractivity contribution in [2.24, 2.45) is 5.41 Å². The minimum absolute atomic E-state index is 0.115. The molecule has 0 aliphatic carbocycles. The Labute approximate surface area is 98.1 Å². The maximum absolute atomic E-state index is 11.4. The normalized spacial score (nSPS) is 30.4. The highest BCUT2D eigenvalue weighted by Gasteiger charge is 2.37. The highest BCUT2D eigenvalue weighted by molar-refractivity contribution is 5.60. The molecule has 2 rings (SSSR count). The zero-order chi connectivity index (χ0) is 11.4. The molecule has 0 amide bonds. The van der Waals surface area contributed by atoms with Gasteiger partial charge in [0.05, 0.1) is 0 Å². The van der Waals surface area contributed by atoms with Crippen LogP contribution in [0.5, 0.6) is 0 Å². The fraction of sp³-hybridized carbons (Fsp3) is 0.923. The lowest BCUT2D eigenvalue weighted by atomic mass is 9.81. The topological polar surface area (TPSA) is 29.5 Å². The first-order chi connectivity index (χ1) is 7.79. The standard InChI is InChI=1S/C13H23NO2/c1-2-12-4-3-7-14(12)10-13(11-15)5-8-16-9-6-13/h11-12H,2-10H2,1H3. The third-order valence-electron chi connectivity index (χ3n) is 4.23. The lowest BCUT2D eigenvalue weighted by Gasteiger charge is -2.37. The van der Waals surface area contributed by atoms with Gasteiger partial charge in [0, 0.05) is 31.2 Å². The highest BCUT2D eigenvalue weighted by Crippen LogP contribution is 2.32. The van der Waals surface area contributed by atoms with Gasteiger partial charge < -0.3 is 9.53 Å². The van der Waals surface area contributed by atoms with Crippen molar-refractivity contribution in [1.82, 2.24) is 4.90 Å². The largest absolute Gasteiger partial charge is 0.381 e. The number of hydrogen-bond acceptors (Lipinski definition) is 3. The summed E-state index contributed by atoms with van der Waals surface area (Å²) in [7, 11) is 0. The maximum atomic E-state index is 11.4. The summed E-state index contributed by atoms with van der Waals surface area (Å²) in [5, 5.41) is 0. The van der Waals surface area contributed by atoms with Crippen molar-refractivity contribution in [3.63, 3.8) is 0 Å². The van der Waals surface area contributed by atoms with E-state index in [-0.39, 0.29) is 5.41 Å². The Balaban J connectivity index is 1.97. The summed E-state index contributed by atoms with van der Waals surface area (Å²) in [4.78, 5) is 13.9. The number of ether oxygens (including phenoxy) is 1. The Morgan fingerprint density at radius 2 is 2.19 bits per heavy atom. The zero-order valence-corrected chi connectivity index (χ0v) is 10.3. The molecule has 0 bridgehead atoms. The first kappa shape index (κ1) is 12.1. The second-order valence-corrected chi connectivity index (χ2v) is 5.27. The van der Waals surface area contributed by atoms with E-state index >= 15 is 0 Å². The van der Waals surface area contributed by atoms with Crippen molar-refractivity contribution in [1.29, 1.82) is 0 Å². The molecule has 0 aromatic carbocycles. The molecule has 1 atom stereocenters. The maximum Gasteiger partial charge on any atom is 0.127 e. The molecule has 0 saturated carbocycles. The molecule has 1 unspecified atom stereocenters. The highest BCUT2D eigenvalue weighted by atomic mass is 16.5. The summed E-state index contributed by atoms with van der Waals surface area (Å²) >= 11 is 0. The molecule has 3 heteroatoms. The van der Waals surface area contributed by atoms with Gasteiger partial charge in [-0.3, -0.25) is 4.90 Å². The van der Waals surface area contributed by atoms with E-state index in [4.69, 9.17) is 4.74 Å². The molecular weight excluding hydrogens is 202 g/mol. The summed E-state index contributed by atoms with van der Waals surface area (Å²) in [5.74, 6) is 0. The van der Waals surface area contributed by atoms with Crippen LogP contribution in [0.25, 0.3) is 0 Å². The molecule has 0 radical (unpaired) electrons. The summed E-state index contributed by atoms with van der Waals surface area (Å²) in [6, 6.07) is 0.708. The van der Waals surface area contributed by atoms with Gasteiger partial charge in [0.25, 0.3) is 0 Å². The zero-order valence-electron chi connectivity index (χ0n) is 10.3. The van der Waals surface area contributed by atoms with E-state index in [2.05, 4.69) is 11.8 Å². The van der Waals surface area contributed by atoms with Crippen LogP contribution in [0.3, 0.4) is 0 Å². The van der Waals surface area contributed by atoms with Gasteiger partial charge in [-0.05, 0) is 38.6 Å². The third-order valence-corrected chi connectivity index (χ3v) is 4.23. The van der Waals surface area contributed by atoms with Gasteiger partial charge in [-0.15, -0.1) is 0 Å². The second kappa shape index (κ2) is 5.28. The summed E-state index contributed by atoms with van der Waals surface area (Å²) < 4.78 is 5.37. The Morgan fingerprint density at radius 1 is 1.44 bits per heavy atom. The van der Waals surface area contributed by atoms with Crippen LogP contribution >= 0.6 is 0 Å². The quantitative estimate of drug-likeness (QED) is 0.684. The minimum Gasteiger partial charge on any atom is -0.381 e. The molecule has 92 valence electrons. The summed E-state index contributed by atoms with van der Waals surface area (Å²) in [6.07, 6.45) is 6.82. The van der Waals surface area contributed by atoms with Gasteiger partial charge in [-0.2, -0.15) is 0 Å². The number of aldehydes is 1. The van der Waals surface area contributed by atoms with Crippen LogP contribution in [0.15, 0.2) is 0 Å². The number of rotatable bonds is 4. The molecule has 2 aliphatic heterocycles. The van der Waals surface area contributed by atoms with Crippen LogP contribution in [0.2, 0.25) is 0 Å². The fourth-order valence-electron chi connectivity index (χ4n) is 3.06. The Hall–Kier alpha value is -0.410. The monoisotopic (exact) mass is 225 g/mol. The first-order valence-corrected chi connectivity index (χ1v) is 6.58. The van der Waals surface area contributed by atoms with Gasteiger partial charge >= 0.3 is 0 Å². The molecule has 2 heterocycles. The van der Waals surface area contributed by atoms with Gasteiger partial charge in [0.2, 0.25) is 0 Å². The molecule has 0 aromatic rings. The fourth-order valence-corrected chi connectivity index (χ4v) is 3.06. The second-order valence-electron chi connectivity index (χ2n) is 5.27. The molecule has 3 nitrogen and oxygen atoms in total. The van der Waals surface area contributed by atoms with Crippen LogP contribution in [0.1, 0.15) is 39.0 Å². The molecular formula is C13H23NO2. The van der Waals surface area contributed by atoms with Crippen molar-refractivity contribution in [3.05, 3.63) is 0 Å².